The van der Waals surface area contributed by atoms with Crippen molar-refractivity contribution < 1.29 is 9.53 Å². The van der Waals surface area contributed by atoms with Gasteiger partial charge >= 0.3 is 6.03 Å². The lowest BCUT2D eigenvalue weighted by Gasteiger charge is -2.17. The molecule has 1 aliphatic rings. The number of urea groups is 1. The molecule has 0 aliphatic carbocycles. The fourth-order valence-corrected chi connectivity index (χ4v) is 4.13. The van der Waals surface area contributed by atoms with Crippen molar-refractivity contribution in [2.75, 3.05) is 31.6 Å². The Balaban J connectivity index is 1.39. The van der Waals surface area contributed by atoms with Crippen LogP contribution in [-0.2, 0) is 13.6 Å². The van der Waals surface area contributed by atoms with Crippen LogP contribution in [0.15, 0.2) is 54.7 Å². The normalized spacial score (nSPS) is 13.8. The minimum atomic E-state index is -0.278. The molecule has 2 amide bonds. The van der Waals surface area contributed by atoms with Gasteiger partial charge in [-0.1, -0.05) is 23.7 Å². The zero-order valence-corrected chi connectivity index (χ0v) is 19.6. The summed E-state index contributed by atoms with van der Waals surface area (Å²) in [6.45, 7) is 4.52. The SMILES string of the molecule is Cn1nccc1-c1cc(NC(=O)NCc2ccc(Cl)cc2)ccc1OCCCN1CCCC1. The molecule has 2 heterocycles. The average Bonchev–Trinajstić information content (AvgIpc) is 3.49. The molecular weight excluding hydrogens is 438 g/mol. The van der Waals surface area contributed by atoms with Crippen molar-refractivity contribution in [1.82, 2.24) is 20.0 Å². The highest BCUT2D eigenvalue weighted by Gasteiger charge is 2.14. The molecule has 3 aromatic rings. The van der Waals surface area contributed by atoms with Crippen molar-refractivity contribution in [3.8, 4) is 17.0 Å². The summed E-state index contributed by atoms with van der Waals surface area (Å²) in [5.74, 6) is 0.784. The second kappa shape index (κ2) is 11.2. The lowest BCUT2D eigenvalue weighted by Crippen LogP contribution is -2.28. The number of aryl methyl sites for hydroxylation is 1. The summed E-state index contributed by atoms with van der Waals surface area (Å²) in [5, 5.41) is 10.7. The van der Waals surface area contributed by atoms with Crippen molar-refractivity contribution in [2.45, 2.75) is 25.8 Å². The molecule has 0 bridgehead atoms. The molecule has 2 N–H and O–H groups in total. The molecule has 33 heavy (non-hydrogen) atoms. The van der Waals surface area contributed by atoms with Crippen LogP contribution in [0.2, 0.25) is 5.02 Å². The Hall–Kier alpha value is -3.03. The van der Waals surface area contributed by atoms with Crippen LogP contribution in [0.4, 0.5) is 10.5 Å². The van der Waals surface area contributed by atoms with Crippen molar-refractivity contribution in [2.24, 2.45) is 7.05 Å². The van der Waals surface area contributed by atoms with Crippen LogP contribution in [-0.4, -0.2) is 47.0 Å². The van der Waals surface area contributed by atoms with Gasteiger partial charge < -0.3 is 20.3 Å². The lowest BCUT2D eigenvalue weighted by molar-refractivity contribution is 0.251. The molecular formula is C25H30ClN5O2. The number of amides is 2. The molecule has 1 aliphatic heterocycles. The van der Waals surface area contributed by atoms with Crippen LogP contribution >= 0.6 is 11.6 Å². The van der Waals surface area contributed by atoms with Gasteiger partial charge in [0.25, 0.3) is 0 Å². The van der Waals surface area contributed by atoms with E-state index in [1.165, 1.54) is 25.9 Å². The number of anilines is 1. The zero-order valence-electron chi connectivity index (χ0n) is 18.9. The van der Waals surface area contributed by atoms with Gasteiger partial charge in [0, 0.05) is 42.6 Å². The smallest absolute Gasteiger partial charge is 0.319 e. The molecule has 0 spiro atoms. The second-order valence-electron chi connectivity index (χ2n) is 8.24. The van der Waals surface area contributed by atoms with E-state index in [0.717, 1.165) is 35.5 Å². The number of rotatable bonds is 9. The summed E-state index contributed by atoms with van der Waals surface area (Å²) in [6, 6.07) is 14.7. The van der Waals surface area contributed by atoms with E-state index < -0.39 is 0 Å². The Morgan fingerprint density at radius 3 is 2.64 bits per heavy atom. The minimum absolute atomic E-state index is 0.278. The average molecular weight is 468 g/mol. The molecule has 0 atom stereocenters. The first kappa shape index (κ1) is 23.1. The Bertz CT molecular complexity index is 1060. The number of hydrogen-bond acceptors (Lipinski definition) is 4. The van der Waals surface area contributed by atoms with E-state index in [2.05, 4.69) is 20.6 Å². The topological polar surface area (TPSA) is 71.4 Å². The molecule has 0 saturated carbocycles. The fraction of sp³-hybridized carbons (Fsp3) is 0.360. The zero-order chi connectivity index (χ0) is 23.0. The Labute approximate surface area is 199 Å². The monoisotopic (exact) mass is 467 g/mol. The predicted molar refractivity (Wildman–Crippen MR) is 132 cm³/mol. The Morgan fingerprint density at radius 1 is 1.12 bits per heavy atom. The maximum atomic E-state index is 12.4. The van der Waals surface area contributed by atoms with E-state index in [0.29, 0.717) is 23.9 Å². The largest absolute Gasteiger partial charge is 0.493 e. The third-order valence-electron chi connectivity index (χ3n) is 5.78. The second-order valence-corrected chi connectivity index (χ2v) is 8.67. The molecule has 4 rings (SSSR count). The maximum absolute atomic E-state index is 12.4. The fourth-order valence-electron chi connectivity index (χ4n) is 4.01. The summed E-state index contributed by atoms with van der Waals surface area (Å²) in [5.41, 5.74) is 3.48. The van der Waals surface area contributed by atoms with E-state index in [1.807, 2.05) is 43.4 Å². The van der Waals surface area contributed by atoms with Crippen LogP contribution in [0, 0.1) is 0 Å². The first-order valence-corrected chi connectivity index (χ1v) is 11.7. The molecule has 7 nitrogen and oxygen atoms in total. The van der Waals surface area contributed by atoms with Gasteiger partial charge in [-0.3, -0.25) is 4.68 Å². The van der Waals surface area contributed by atoms with Gasteiger partial charge in [-0.05, 0) is 74.3 Å². The minimum Gasteiger partial charge on any atom is -0.493 e. The number of carbonyl (C=O) groups excluding carboxylic acids is 1. The molecule has 0 unspecified atom stereocenters. The number of nitrogens with one attached hydrogen (secondary N) is 2. The predicted octanol–water partition coefficient (Wildman–Crippen LogP) is 4.93. The number of carbonyl (C=O) groups is 1. The standard InChI is InChI=1S/C25H30ClN5O2/c1-30-23(11-12-28-30)22-17-21(29-25(32)27-18-19-5-7-20(26)8-6-19)9-10-24(22)33-16-4-15-31-13-2-3-14-31/h5-12,17H,2-4,13-16,18H2,1H3,(H2,27,29,32). The number of hydrogen-bond donors (Lipinski definition) is 2. The summed E-state index contributed by atoms with van der Waals surface area (Å²) in [7, 11) is 1.89. The van der Waals surface area contributed by atoms with Crippen molar-refractivity contribution >= 4 is 23.3 Å². The van der Waals surface area contributed by atoms with Crippen LogP contribution < -0.4 is 15.4 Å². The highest BCUT2D eigenvalue weighted by Crippen LogP contribution is 2.32. The number of likely N-dealkylation sites (tertiary alicyclic amines) is 1. The van der Waals surface area contributed by atoms with Crippen LogP contribution in [0.1, 0.15) is 24.8 Å². The number of ether oxygens (including phenoxy) is 1. The van der Waals surface area contributed by atoms with Gasteiger partial charge in [-0.2, -0.15) is 5.10 Å². The van der Waals surface area contributed by atoms with Gasteiger partial charge in [0.15, 0.2) is 0 Å². The number of halogens is 1. The van der Waals surface area contributed by atoms with Crippen LogP contribution in [0.25, 0.3) is 11.3 Å². The highest BCUT2D eigenvalue weighted by molar-refractivity contribution is 6.30. The van der Waals surface area contributed by atoms with Gasteiger partial charge in [0.05, 0.1) is 12.3 Å². The number of aromatic nitrogens is 2. The molecule has 8 heteroatoms. The van der Waals surface area contributed by atoms with E-state index in [1.54, 1.807) is 23.0 Å². The number of benzene rings is 2. The summed E-state index contributed by atoms with van der Waals surface area (Å²) < 4.78 is 7.95. The first-order valence-electron chi connectivity index (χ1n) is 11.4. The van der Waals surface area contributed by atoms with Gasteiger partial charge in [-0.25, -0.2) is 4.79 Å². The maximum Gasteiger partial charge on any atom is 0.319 e. The summed E-state index contributed by atoms with van der Waals surface area (Å²) in [6.07, 6.45) is 5.34. The summed E-state index contributed by atoms with van der Waals surface area (Å²) >= 11 is 5.91. The third-order valence-corrected chi connectivity index (χ3v) is 6.03. The van der Waals surface area contributed by atoms with Crippen molar-refractivity contribution in [1.29, 1.82) is 0 Å². The van der Waals surface area contributed by atoms with Gasteiger partial charge in [0.1, 0.15) is 5.75 Å². The van der Waals surface area contributed by atoms with E-state index >= 15 is 0 Å². The molecule has 174 valence electrons. The summed E-state index contributed by atoms with van der Waals surface area (Å²) in [4.78, 5) is 14.9. The van der Waals surface area contributed by atoms with Gasteiger partial charge in [0.2, 0.25) is 0 Å². The Morgan fingerprint density at radius 2 is 1.91 bits per heavy atom. The molecule has 1 fully saturated rings. The third kappa shape index (κ3) is 6.49. The van der Waals surface area contributed by atoms with E-state index in [-0.39, 0.29) is 6.03 Å². The van der Waals surface area contributed by atoms with Crippen molar-refractivity contribution in [3.05, 3.63) is 65.3 Å². The van der Waals surface area contributed by atoms with E-state index in [9.17, 15) is 4.79 Å². The number of nitrogens with zero attached hydrogens (tertiary/aromatic N) is 3. The Kier molecular flexibility index (Phi) is 7.86. The highest BCUT2D eigenvalue weighted by atomic mass is 35.5. The molecule has 2 aromatic carbocycles. The van der Waals surface area contributed by atoms with Crippen LogP contribution in [0.5, 0.6) is 5.75 Å². The van der Waals surface area contributed by atoms with Gasteiger partial charge in [-0.15, -0.1) is 0 Å². The van der Waals surface area contributed by atoms with E-state index in [4.69, 9.17) is 16.3 Å². The van der Waals surface area contributed by atoms with Crippen LogP contribution in [0.3, 0.4) is 0 Å². The quantitative estimate of drug-likeness (QED) is 0.438. The van der Waals surface area contributed by atoms with Crippen molar-refractivity contribution in [3.63, 3.8) is 0 Å². The molecule has 0 radical (unpaired) electrons. The molecule has 1 saturated heterocycles. The molecule has 1 aromatic heterocycles. The first-order chi connectivity index (χ1) is 16.1. The lowest BCUT2D eigenvalue weighted by atomic mass is 10.1.